The molecule has 9 nitrogen and oxygen atoms in total. The first-order valence-corrected chi connectivity index (χ1v) is 9.33. The molecule has 1 atom stereocenters. The number of aliphatic hydroxyl groups excluding tert-OH is 1. The predicted octanol–water partition coefficient (Wildman–Crippen LogP) is 1.25. The molecule has 1 saturated heterocycles. The van der Waals surface area contributed by atoms with Crippen LogP contribution in [-0.2, 0) is 4.79 Å². The van der Waals surface area contributed by atoms with Gasteiger partial charge in [0.05, 0.1) is 5.02 Å². The van der Waals surface area contributed by atoms with Gasteiger partial charge in [0.15, 0.2) is 11.9 Å². The third-order valence-electron chi connectivity index (χ3n) is 3.90. The lowest BCUT2D eigenvalue weighted by Crippen LogP contribution is -2.42. The van der Waals surface area contributed by atoms with E-state index in [0.29, 0.717) is 10.8 Å². The normalized spacial score (nSPS) is 17.7. The van der Waals surface area contributed by atoms with Crippen molar-refractivity contribution in [2.24, 2.45) is 0 Å². The molecule has 1 unspecified atom stereocenters. The van der Waals surface area contributed by atoms with Gasteiger partial charge in [0.25, 0.3) is 5.91 Å². The van der Waals surface area contributed by atoms with Crippen LogP contribution in [0.15, 0.2) is 30.7 Å². The highest BCUT2D eigenvalue weighted by molar-refractivity contribution is 6.30. The average molecular weight is 407 g/mol. The van der Waals surface area contributed by atoms with E-state index in [9.17, 15) is 14.7 Å². The number of piperazine rings is 1. The number of fused-ring (bicyclic) bond motifs is 1. The summed E-state index contributed by atoms with van der Waals surface area (Å²) in [6.07, 6.45) is 3.97. The first-order valence-electron chi connectivity index (χ1n) is 8.96. The summed E-state index contributed by atoms with van der Waals surface area (Å²) in [6, 6.07) is 3.14. The highest BCUT2D eigenvalue weighted by atomic mass is 35.5. The van der Waals surface area contributed by atoms with Gasteiger partial charge in [0.2, 0.25) is 6.41 Å². The molecule has 2 aliphatic heterocycles. The molecule has 4 heterocycles. The zero-order chi connectivity index (χ0) is 20.5. The molecule has 0 aliphatic carbocycles. The fraction of sp³-hybridized carbons (Fsp3) is 0.389. The predicted molar refractivity (Wildman–Crippen MR) is 105 cm³/mol. The van der Waals surface area contributed by atoms with Crippen molar-refractivity contribution in [3.05, 3.63) is 47.1 Å². The van der Waals surface area contributed by atoms with E-state index in [1.165, 1.54) is 18.6 Å². The molecule has 0 spiro atoms. The summed E-state index contributed by atoms with van der Waals surface area (Å²) in [4.78, 5) is 36.9. The van der Waals surface area contributed by atoms with Crippen molar-refractivity contribution in [1.82, 2.24) is 25.2 Å². The number of rotatable bonds is 2. The summed E-state index contributed by atoms with van der Waals surface area (Å²) in [7, 11) is 0. The lowest BCUT2D eigenvalue weighted by molar-refractivity contribution is -0.118. The number of nitrogens with one attached hydrogen (secondary N) is 1. The molecule has 28 heavy (non-hydrogen) atoms. The monoisotopic (exact) mass is 406 g/mol. The highest BCUT2D eigenvalue weighted by Gasteiger charge is 2.39. The molecule has 2 N–H and O–H groups in total. The van der Waals surface area contributed by atoms with Gasteiger partial charge in [-0.05, 0) is 12.1 Å². The Morgan fingerprint density at radius 3 is 2.39 bits per heavy atom. The van der Waals surface area contributed by atoms with Gasteiger partial charge >= 0.3 is 0 Å². The minimum Gasteiger partial charge on any atom is -0.367 e. The molecule has 1 fully saturated rings. The molecule has 150 valence electrons. The third kappa shape index (κ3) is 5.00. The van der Waals surface area contributed by atoms with Gasteiger partial charge in [0.1, 0.15) is 11.5 Å². The van der Waals surface area contributed by atoms with Crippen molar-refractivity contribution in [1.29, 1.82) is 0 Å². The van der Waals surface area contributed by atoms with Crippen LogP contribution in [0, 0.1) is 0 Å². The van der Waals surface area contributed by atoms with Crippen LogP contribution >= 0.6 is 11.6 Å². The molecule has 0 aromatic carbocycles. The molecule has 2 aromatic rings. The van der Waals surface area contributed by atoms with Crippen molar-refractivity contribution >= 4 is 29.7 Å². The number of aromatic nitrogens is 3. The summed E-state index contributed by atoms with van der Waals surface area (Å²) in [5, 5.41) is 13.7. The second-order valence-corrected chi connectivity index (χ2v) is 6.00. The largest absolute Gasteiger partial charge is 0.367 e. The van der Waals surface area contributed by atoms with Crippen LogP contribution in [-0.4, -0.2) is 63.5 Å². The van der Waals surface area contributed by atoms with Gasteiger partial charge in [0, 0.05) is 44.8 Å². The Labute approximate surface area is 168 Å². The fourth-order valence-electron chi connectivity index (χ4n) is 2.58. The van der Waals surface area contributed by atoms with Crippen LogP contribution in [0.5, 0.6) is 0 Å². The van der Waals surface area contributed by atoms with E-state index in [-0.39, 0.29) is 11.4 Å². The first kappa shape index (κ1) is 21.7. The lowest BCUT2D eigenvalue weighted by atomic mass is 10.3. The maximum Gasteiger partial charge on any atom is 0.282 e. The van der Waals surface area contributed by atoms with E-state index in [0.717, 1.165) is 37.5 Å². The second-order valence-electron chi connectivity index (χ2n) is 5.57. The van der Waals surface area contributed by atoms with Crippen LogP contribution in [0.2, 0.25) is 5.02 Å². The van der Waals surface area contributed by atoms with Crippen molar-refractivity contribution in [2.45, 2.75) is 20.1 Å². The van der Waals surface area contributed by atoms with Gasteiger partial charge in [-0.3, -0.25) is 19.5 Å². The summed E-state index contributed by atoms with van der Waals surface area (Å²) in [5.74, 6) is -0.128. The number of pyridine rings is 1. The standard InChI is InChI=1S/C11H7ClN4O2.C5H10N2O.C2H6/c12-6-1-2-7(15-5-6)16-10(17)8-9(11(16)18)14-4-3-13-8;8-5-7-3-1-6-2-4-7;1-2/h1-5,10,17H;5-6H,1-4H2;1-2H3. The van der Waals surface area contributed by atoms with E-state index in [1.807, 2.05) is 13.8 Å². The lowest BCUT2D eigenvalue weighted by Gasteiger charge is -2.22. The van der Waals surface area contributed by atoms with Crippen molar-refractivity contribution in [2.75, 3.05) is 31.1 Å². The zero-order valence-electron chi connectivity index (χ0n) is 15.7. The minimum absolute atomic E-state index is 0.141. The molecule has 10 heteroatoms. The third-order valence-corrected chi connectivity index (χ3v) is 4.12. The van der Waals surface area contributed by atoms with E-state index in [4.69, 9.17) is 11.6 Å². The molecule has 0 bridgehead atoms. The number of anilines is 1. The van der Waals surface area contributed by atoms with Crippen LogP contribution in [0.25, 0.3) is 0 Å². The molecule has 0 saturated carbocycles. The summed E-state index contributed by atoms with van der Waals surface area (Å²) >= 11 is 5.73. The van der Waals surface area contributed by atoms with Crippen LogP contribution in [0.1, 0.15) is 36.3 Å². The van der Waals surface area contributed by atoms with Crippen LogP contribution in [0.4, 0.5) is 5.82 Å². The molecular weight excluding hydrogens is 384 g/mol. The maximum absolute atomic E-state index is 12.1. The summed E-state index contributed by atoms with van der Waals surface area (Å²) in [6.45, 7) is 7.62. The smallest absolute Gasteiger partial charge is 0.282 e. The Bertz CT molecular complexity index is 783. The van der Waals surface area contributed by atoms with Gasteiger partial charge in [-0.15, -0.1) is 0 Å². The van der Waals surface area contributed by atoms with E-state index >= 15 is 0 Å². The quantitative estimate of drug-likeness (QED) is 0.722. The molecule has 2 aliphatic rings. The number of hydrogen-bond acceptors (Lipinski definition) is 7. The number of aliphatic hydroxyl groups is 1. The summed E-state index contributed by atoms with van der Waals surface area (Å²) in [5.41, 5.74) is 0.376. The number of carbonyl (C=O) groups is 2. The Balaban J connectivity index is 0.000000236. The molecule has 2 aromatic heterocycles. The van der Waals surface area contributed by atoms with Crippen molar-refractivity contribution in [3.8, 4) is 0 Å². The Morgan fingerprint density at radius 2 is 1.86 bits per heavy atom. The zero-order valence-corrected chi connectivity index (χ0v) is 16.5. The van der Waals surface area contributed by atoms with Crippen molar-refractivity contribution < 1.29 is 14.7 Å². The van der Waals surface area contributed by atoms with Gasteiger partial charge in [-0.25, -0.2) is 9.97 Å². The highest BCUT2D eigenvalue weighted by Crippen LogP contribution is 2.32. The second kappa shape index (κ2) is 10.6. The number of nitrogens with zero attached hydrogens (tertiary/aromatic N) is 5. The maximum atomic E-state index is 12.1. The van der Waals surface area contributed by atoms with E-state index in [1.54, 1.807) is 17.0 Å². The fourth-order valence-corrected chi connectivity index (χ4v) is 2.69. The van der Waals surface area contributed by atoms with Crippen LogP contribution < -0.4 is 10.2 Å². The first-order chi connectivity index (χ1) is 13.6. The number of carbonyl (C=O) groups excluding carboxylic acids is 2. The van der Waals surface area contributed by atoms with Crippen LogP contribution in [0.3, 0.4) is 0 Å². The Morgan fingerprint density at radius 1 is 1.18 bits per heavy atom. The minimum atomic E-state index is -1.17. The summed E-state index contributed by atoms with van der Waals surface area (Å²) < 4.78 is 0. The number of halogens is 1. The average Bonchev–Trinajstić information content (AvgIpc) is 3.02. The number of amides is 2. The Kier molecular flexibility index (Phi) is 8.24. The van der Waals surface area contributed by atoms with E-state index < -0.39 is 12.1 Å². The topological polar surface area (TPSA) is 112 Å². The molecular formula is C18H23ClN6O3. The van der Waals surface area contributed by atoms with E-state index in [2.05, 4.69) is 20.3 Å². The molecule has 4 rings (SSSR count). The molecule has 0 radical (unpaired) electrons. The van der Waals surface area contributed by atoms with Crippen molar-refractivity contribution in [3.63, 3.8) is 0 Å². The Hall–Kier alpha value is -2.62. The number of hydrogen-bond donors (Lipinski definition) is 2. The van der Waals surface area contributed by atoms with Gasteiger partial charge in [-0.1, -0.05) is 25.4 Å². The molecule has 2 amide bonds. The van der Waals surface area contributed by atoms with Gasteiger partial charge in [-0.2, -0.15) is 0 Å². The SMILES string of the molecule is CC.O=C1c2nccnc2C(O)N1c1ccc(Cl)cn1.O=CN1CCNCC1. The van der Waals surface area contributed by atoms with Gasteiger partial charge < -0.3 is 15.3 Å².